The Morgan fingerprint density at radius 3 is 2.89 bits per heavy atom. The second-order valence-electron chi connectivity index (χ2n) is 4.32. The third-order valence-corrected chi connectivity index (χ3v) is 4.04. The van der Waals surface area contributed by atoms with Crippen molar-refractivity contribution in [2.45, 2.75) is 5.16 Å². The van der Waals surface area contributed by atoms with Gasteiger partial charge in [-0.3, -0.25) is 9.36 Å². The maximum absolute atomic E-state index is 11.6. The summed E-state index contributed by atoms with van der Waals surface area (Å²) in [5, 5.41) is 0.759. The highest BCUT2D eigenvalue weighted by molar-refractivity contribution is 8.00. The van der Waals surface area contributed by atoms with Crippen LogP contribution in [0.4, 0.5) is 0 Å². The van der Waals surface area contributed by atoms with Crippen LogP contribution in [0.3, 0.4) is 0 Å². The Kier molecular flexibility index (Phi) is 2.32. The monoisotopic (exact) mass is 274 g/mol. The van der Waals surface area contributed by atoms with Gasteiger partial charge in [-0.15, -0.1) is 0 Å². The quantitative estimate of drug-likeness (QED) is 0.796. The molecule has 2 aliphatic rings. The highest BCUT2D eigenvalue weighted by Crippen LogP contribution is 2.35. The van der Waals surface area contributed by atoms with Crippen molar-refractivity contribution in [2.24, 2.45) is 0 Å². The third kappa shape index (κ3) is 1.71. The minimum Gasteiger partial charge on any atom is -0.486 e. The molecule has 0 aliphatic carbocycles. The minimum atomic E-state index is 0.0799. The minimum absolute atomic E-state index is 0.0799. The van der Waals surface area contributed by atoms with Crippen LogP contribution in [0.25, 0.3) is 11.3 Å². The van der Waals surface area contributed by atoms with Crippen LogP contribution in [0, 0.1) is 0 Å². The number of hydrogen-bond donors (Lipinski definition) is 0. The van der Waals surface area contributed by atoms with Crippen LogP contribution >= 0.6 is 11.8 Å². The summed E-state index contributed by atoms with van der Waals surface area (Å²) < 4.78 is 12.6. The van der Waals surface area contributed by atoms with Gasteiger partial charge in [0.15, 0.2) is 16.7 Å². The molecule has 0 atom stereocenters. The van der Waals surface area contributed by atoms with Gasteiger partial charge in [0.05, 0.1) is 11.4 Å². The zero-order valence-corrected chi connectivity index (χ0v) is 10.8. The van der Waals surface area contributed by atoms with Crippen LogP contribution < -0.4 is 9.47 Å². The first-order chi connectivity index (χ1) is 9.31. The van der Waals surface area contributed by atoms with E-state index >= 15 is 0 Å². The number of nitrogens with zero attached hydrogens (tertiary/aromatic N) is 2. The molecule has 0 fully saturated rings. The van der Waals surface area contributed by atoms with E-state index in [0.717, 1.165) is 27.9 Å². The number of aromatic nitrogens is 2. The fourth-order valence-corrected chi connectivity index (χ4v) is 3.03. The first kappa shape index (κ1) is 10.9. The molecular weight excluding hydrogens is 264 g/mol. The molecule has 4 rings (SSSR count). The summed E-state index contributed by atoms with van der Waals surface area (Å²) in [6.45, 7) is 1.14. The van der Waals surface area contributed by atoms with Crippen molar-refractivity contribution < 1.29 is 14.3 Å². The van der Waals surface area contributed by atoms with E-state index in [1.807, 2.05) is 18.2 Å². The van der Waals surface area contributed by atoms with Gasteiger partial charge in [0.2, 0.25) is 5.91 Å². The Morgan fingerprint density at radius 1 is 1.21 bits per heavy atom. The molecule has 0 radical (unpaired) electrons. The van der Waals surface area contributed by atoms with E-state index in [0.29, 0.717) is 19.0 Å². The molecule has 6 heteroatoms. The number of carbonyl (C=O) groups is 1. The topological polar surface area (TPSA) is 53.4 Å². The number of imidazole rings is 1. The van der Waals surface area contributed by atoms with Crippen molar-refractivity contribution in [2.75, 3.05) is 19.0 Å². The molecule has 3 heterocycles. The number of ether oxygens (including phenoxy) is 2. The maximum atomic E-state index is 11.6. The van der Waals surface area contributed by atoms with Crippen molar-refractivity contribution in [3.05, 3.63) is 24.4 Å². The van der Waals surface area contributed by atoms with Gasteiger partial charge in [0.1, 0.15) is 13.2 Å². The molecule has 0 N–H and O–H groups in total. The van der Waals surface area contributed by atoms with Gasteiger partial charge in [0, 0.05) is 11.8 Å². The summed E-state index contributed by atoms with van der Waals surface area (Å²) in [5.41, 5.74) is 1.71. The molecule has 19 heavy (non-hydrogen) atoms. The van der Waals surface area contributed by atoms with Crippen molar-refractivity contribution in [3.8, 4) is 22.8 Å². The number of fused-ring (bicyclic) bond motifs is 2. The van der Waals surface area contributed by atoms with Gasteiger partial charge < -0.3 is 9.47 Å². The van der Waals surface area contributed by atoms with Gasteiger partial charge in [0.25, 0.3) is 0 Å². The smallest absolute Gasteiger partial charge is 0.243 e. The molecule has 0 bridgehead atoms. The van der Waals surface area contributed by atoms with Crippen LogP contribution in [-0.4, -0.2) is 34.4 Å². The van der Waals surface area contributed by atoms with Crippen molar-refractivity contribution >= 4 is 17.7 Å². The lowest BCUT2D eigenvalue weighted by Crippen LogP contribution is -2.15. The van der Waals surface area contributed by atoms with E-state index in [1.165, 1.54) is 11.8 Å². The van der Waals surface area contributed by atoms with Crippen molar-refractivity contribution in [3.63, 3.8) is 0 Å². The van der Waals surface area contributed by atoms with E-state index in [9.17, 15) is 4.79 Å². The molecule has 2 aromatic rings. The van der Waals surface area contributed by atoms with Gasteiger partial charge in [-0.1, -0.05) is 11.8 Å². The van der Waals surface area contributed by atoms with Gasteiger partial charge in [-0.25, -0.2) is 4.98 Å². The average molecular weight is 274 g/mol. The lowest BCUT2D eigenvalue weighted by Gasteiger charge is -2.18. The second-order valence-corrected chi connectivity index (χ2v) is 5.26. The van der Waals surface area contributed by atoms with Crippen LogP contribution in [0.5, 0.6) is 11.5 Å². The fraction of sp³-hybridized carbons (Fsp3) is 0.231. The van der Waals surface area contributed by atoms with Gasteiger partial charge in [-0.05, 0) is 18.2 Å². The molecular formula is C13H10N2O3S. The normalized spacial score (nSPS) is 16.5. The summed E-state index contributed by atoms with van der Waals surface area (Å²) in [7, 11) is 0. The SMILES string of the molecule is O=C1CSc2nc(-c3ccc4c(c3)OCCO4)cn21. The van der Waals surface area contributed by atoms with E-state index in [1.54, 1.807) is 10.8 Å². The van der Waals surface area contributed by atoms with Gasteiger partial charge >= 0.3 is 0 Å². The van der Waals surface area contributed by atoms with E-state index in [4.69, 9.17) is 9.47 Å². The highest BCUT2D eigenvalue weighted by atomic mass is 32.2. The Bertz CT molecular complexity index is 681. The molecule has 2 aliphatic heterocycles. The highest BCUT2D eigenvalue weighted by Gasteiger charge is 2.23. The Balaban J connectivity index is 1.76. The maximum Gasteiger partial charge on any atom is 0.243 e. The summed E-state index contributed by atoms with van der Waals surface area (Å²) in [5.74, 6) is 2.04. The van der Waals surface area contributed by atoms with Crippen molar-refractivity contribution in [1.29, 1.82) is 0 Å². The van der Waals surface area contributed by atoms with E-state index in [-0.39, 0.29) is 5.91 Å². The standard InChI is InChI=1S/C13H10N2O3S/c16-12-7-19-13-14-9(6-15(12)13)8-1-2-10-11(5-8)18-4-3-17-10/h1-2,5-6H,3-4,7H2. The predicted octanol–water partition coefficient (Wildman–Crippen LogP) is 2.07. The zero-order valence-electron chi connectivity index (χ0n) is 9.96. The number of benzene rings is 1. The first-order valence-corrected chi connectivity index (χ1v) is 6.95. The molecule has 0 saturated heterocycles. The first-order valence-electron chi connectivity index (χ1n) is 5.97. The number of hydrogen-bond acceptors (Lipinski definition) is 5. The zero-order chi connectivity index (χ0) is 12.8. The number of thioether (sulfide) groups is 1. The Morgan fingerprint density at radius 2 is 2.05 bits per heavy atom. The van der Waals surface area contributed by atoms with Crippen LogP contribution in [0.1, 0.15) is 4.79 Å². The molecule has 1 aromatic heterocycles. The summed E-state index contributed by atoms with van der Waals surface area (Å²) in [4.78, 5) is 16.1. The van der Waals surface area contributed by atoms with Crippen LogP contribution in [0.2, 0.25) is 0 Å². The molecule has 5 nitrogen and oxygen atoms in total. The summed E-state index contributed by atoms with van der Waals surface area (Å²) in [6.07, 6.45) is 1.78. The van der Waals surface area contributed by atoms with Crippen LogP contribution in [-0.2, 0) is 0 Å². The predicted molar refractivity (Wildman–Crippen MR) is 70.0 cm³/mol. The van der Waals surface area contributed by atoms with Crippen LogP contribution in [0.15, 0.2) is 29.6 Å². The lowest BCUT2D eigenvalue weighted by atomic mass is 10.1. The molecule has 96 valence electrons. The summed E-state index contributed by atoms with van der Waals surface area (Å²) >= 11 is 1.47. The largest absolute Gasteiger partial charge is 0.486 e. The van der Waals surface area contributed by atoms with E-state index < -0.39 is 0 Å². The Labute approximate surface area is 113 Å². The molecule has 1 aromatic carbocycles. The van der Waals surface area contributed by atoms with Gasteiger partial charge in [-0.2, -0.15) is 0 Å². The van der Waals surface area contributed by atoms with Crippen molar-refractivity contribution in [1.82, 2.24) is 9.55 Å². The number of rotatable bonds is 1. The Hall–Kier alpha value is -1.95. The molecule has 0 amide bonds. The molecule has 0 unspecified atom stereocenters. The third-order valence-electron chi connectivity index (χ3n) is 3.10. The number of carbonyl (C=O) groups excluding carboxylic acids is 1. The lowest BCUT2D eigenvalue weighted by molar-refractivity contribution is 0.0939. The second kappa shape index (κ2) is 4.03. The molecule has 0 spiro atoms. The summed E-state index contributed by atoms with van der Waals surface area (Å²) in [6, 6.07) is 5.71. The molecule has 0 saturated carbocycles. The van der Waals surface area contributed by atoms with E-state index in [2.05, 4.69) is 4.98 Å². The average Bonchev–Trinajstić information content (AvgIpc) is 3.01. The fourth-order valence-electron chi connectivity index (χ4n) is 2.18.